The van der Waals surface area contributed by atoms with Crippen molar-refractivity contribution in [3.8, 4) is 11.1 Å². The molecule has 1 heterocycles. The minimum atomic E-state index is -1.07. The fourth-order valence-electron chi connectivity index (χ4n) is 4.73. The molecule has 0 radical (unpaired) electrons. The Labute approximate surface area is 181 Å². The summed E-state index contributed by atoms with van der Waals surface area (Å²) in [5.41, 5.74) is 3.41. The van der Waals surface area contributed by atoms with Crippen LogP contribution in [0.4, 0.5) is 4.79 Å². The highest BCUT2D eigenvalue weighted by Gasteiger charge is 2.43. The van der Waals surface area contributed by atoms with Gasteiger partial charge in [-0.1, -0.05) is 48.5 Å². The van der Waals surface area contributed by atoms with Crippen molar-refractivity contribution in [3.05, 3.63) is 59.7 Å². The van der Waals surface area contributed by atoms with Gasteiger partial charge in [0.25, 0.3) is 0 Å². The maximum atomic E-state index is 13.4. The maximum Gasteiger partial charge on any atom is 0.411 e. The lowest BCUT2D eigenvalue weighted by Gasteiger charge is -2.26. The van der Waals surface area contributed by atoms with E-state index in [1.54, 1.807) is 20.8 Å². The van der Waals surface area contributed by atoms with E-state index < -0.39 is 23.7 Å². The van der Waals surface area contributed by atoms with Crippen LogP contribution in [-0.2, 0) is 14.3 Å². The van der Waals surface area contributed by atoms with Crippen LogP contribution in [0.1, 0.15) is 50.7 Å². The van der Waals surface area contributed by atoms with E-state index in [1.165, 1.54) is 4.90 Å². The number of rotatable bonds is 4. The molecule has 1 aliphatic heterocycles. The number of carboxylic acid groups (broad SMARTS) is 1. The number of likely N-dealkylation sites (tertiary alicyclic amines) is 1. The van der Waals surface area contributed by atoms with E-state index >= 15 is 0 Å². The van der Waals surface area contributed by atoms with E-state index in [0.29, 0.717) is 0 Å². The lowest BCUT2D eigenvalue weighted by Crippen LogP contribution is -2.43. The SMILES string of the molecule is CC(C)(C)OC(=O)N1C[C@H](CC(=O)C2c3ccccc3-c3ccccc32)C[C@H]1C(=O)O. The second-order valence-corrected chi connectivity index (χ2v) is 9.37. The van der Waals surface area contributed by atoms with Crippen molar-refractivity contribution >= 4 is 17.8 Å². The van der Waals surface area contributed by atoms with Crippen molar-refractivity contribution in [2.45, 2.75) is 51.2 Å². The lowest BCUT2D eigenvalue weighted by atomic mass is 9.87. The van der Waals surface area contributed by atoms with Crippen LogP contribution in [0.15, 0.2) is 48.5 Å². The summed E-state index contributed by atoms with van der Waals surface area (Å²) in [6.45, 7) is 5.43. The van der Waals surface area contributed by atoms with Gasteiger partial charge in [-0.25, -0.2) is 9.59 Å². The Bertz CT molecular complexity index is 993. The van der Waals surface area contributed by atoms with E-state index in [9.17, 15) is 19.5 Å². The number of carbonyl (C=O) groups is 3. The molecule has 2 aliphatic rings. The van der Waals surface area contributed by atoms with Crippen LogP contribution in [0.2, 0.25) is 0 Å². The molecule has 0 aromatic heterocycles. The molecular weight excluding hydrogens is 394 g/mol. The average Bonchev–Trinajstić information content (AvgIpc) is 3.26. The Hall–Kier alpha value is -3.15. The molecule has 31 heavy (non-hydrogen) atoms. The predicted octanol–water partition coefficient (Wildman–Crippen LogP) is 4.47. The van der Waals surface area contributed by atoms with E-state index in [1.807, 2.05) is 48.5 Å². The van der Waals surface area contributed by atoms with Gasteiger partial charge in [-0.3, -0.25) is 9.69 Å². The van der Waals surface area contributed by atoms with Crippen LogP contribution in [0, 0.1) is 5.92 Å². The third-order valence-electron chi connectivity index (χ3n) is 5.95. The zero-order chi connectivity index (χ0) is 22.3. The molecule has 1 aliphatic carbocycles. The number of aliphatic carboxylic acids is 1. The molecule has 2 aromatic rings. The lowest BCUT2D eigenvalue weighted by molar-refractivity contribution is -0.142. The van der Waals surface area contributed by atoms with Gasteiger partial charge in [0.05, 0.1) is 5.92 Å². The van der Waals surface area contributed by atoms with E-state index in [0.717, 1.165) is 22.3 Å². The first kappa shape index (κ1) is 21.1. The Morgan fingerprint density at radius 2 is 1.55 bits per heavy atom. The van der Waals surface area contributed by atoms with Gasteiger partial charge < -0.3 is 9.84 Å². The number of amides is 1. The molecule has 6 nitrogen and oxygen atoms in total. The minimum absolute atomic E-state index is 0.0533. The van der Waals surface area contributed by atoms with E-state index in [4.69, 9.17) is 4.74 Å². The van der Waals surface area contributed by atoms with Crippen LogP contribution < -0.4 is 0 Å². The van der Waals surface area contributed by atoms with E-state index in [2.05, 4.69) is 0 Å². The summed E-state index contributed by atoms with van der Waals surface area (Å²) in [6, 6.07) is 14.9. The highest BCUT2D eigenvalue weighted by atomic mass is 16.6. The number of ketones is 1. The molecule has 1 saturated heterocycles. The normalized spacial score (nSPS) is 20.3. The number of nitrogens with zero attached hydrogens (tertiary/aromatic N) is 1. The topological polar surface area (TPSA) is 83.9 Å². The summed E-state index contributed by atoms with van der Waals surface area (Å²) < 4.78 is 5.39. The molecular formula is C25H27NO5. The van der Waals surface area contributed by atoms with Gasteiger partial charge in [0, 0.05) is 13.0 Å². The smallest absolute Gasteiger partial charge is 0.411 e. The maximum absolute atomic E-state index is 13.4. The van der Waals surface area contributed by atoms with Crippen molar-refractivity contribution < 1.29 is 24.2 Å². The third-order valence-corrected chi connectivity index (χ3v) is 5.95. The van der Waals surface area contributed by atoms with Crippen LogP contribution in [-0.4, -0.2) is 46.0 Å². The first-order valence-electron chi connectivity index (χ1n) is 10.6. The summed E-state index contributed by atoms with van der Waals surface area (Å²) in [7, 11) is 0. The highest BCUT2D eigenvalue weighted by Crippen LogP contribution is 2.46. The van der Waals surface area contributed by atoms with Crippen molar-refractivity contribution in [1.29, 1.82) is 0 Å². The molecule has 0 spiro atoms. The van der Waals surface area contributed by atoms with Gasteiger partial charge in [-0.05, 0) is 55.4 Å². The van der Waals surface area contributed by atoms with E-state index in [-0.39, 0.29) is 37.0 Å². The van der Waals surface area contributed by atoms with Gasteiger partial charge >= 0.3 is 12.1 Å². The van der Waals surface area contributed by atoms with Crippen molar-refractivity contribution in [3.63, 3.8) is 0 Å². The third kappa shape index (κ3) is 4.07. The fraction of sp³-hybridized carbons (Fsp3) is 0.400. The number of hydrogen-bond donors (Lipinski definition) is 1. The Morgan fingerprint density at radius 3 is 2.06 bits per heavy atom. The van der Waals surface area contributed by atoms with Crippen LogP contribution in [0.25, 0.3) is 11.1 Å². The summed E-state index contributed by atoms with van der Waals surface area (Å²) in [5, 5.41) is 9.62. The standard InChI is InChI=1S/C25H27NO5/c1-25(2,3)31-24(30)26-14-15(12-20(26)23(28)29)13-21(27)22-18-10-6-4-8-16(18)17-9-5-7-11-19(17)22/h4-11,15,20,22H,12-14H2,1-3H3,(H,28,29)/t15-,20-/m0/s1. The molecule has 0 bridgehead atoms. The second-order valence-electron chi connectivity index (χ2n) is 9.37. The van der Waals surface area contributed by atoms with Gasteiger partial charge in [0.1, 0.15) is 17.4 Å². The Kier molecular flexibility index (Phi) is 5.33. The molecule has 162 valence electrons. The predicted molar refractivity (Wildman–Crippen MR) is 116 cm³/mol. The molecule has 4 rings (SSSR count). The number of carbonyl (C=O) groups excluding carboxylic acids is 2. The van der Waals surface area contributed by atoms with Gasteiger partial charge in [-0.2, -0.15) is 0 Å². The first-order valence-corrected chi connectivity index (χ1v) is 10.6. The van der Waals surface area contributed by atoms with Gasteiger partial charge in [0.15, 0.2) is 0 Å². The summed E-state index contributed by atoms with van der Waals surface area (Å²) >= 11 is 0. The average molecular weight is 421 g/mol. The van der Waals surface area contributed by atoms with Crippen LogP contribution >= 0.6 is 0 Å². The van der Waals surface area contributed by atoms with Crippen LogP contribution in [0.3, 0.4) is 0 Å². The molecule has 0 unspecified atom stereocenters. The minimum Gasteiger partial charge on any atom is -0.480 e. The summed E-state index contributed by atoms with van der Waals surface area (Å²) in [4.78, 5) is 39.0. The molecule has 1 fully saturated rings. The zero-order valence-electron chi connectivity index (χ0n) is 18.0. The largest absolute Gasteiger partial charge is 0.480 e. The summed E-state index contributed by atoms with van der Waals surface area (Å²) in [6.07, 6.45) is -0.182. The number of carboxylic acids is 1. The molecule has 0 saturated carbocycles. The molecule has 1 N–H and O–H groups in total. The summed E-state index contributed by atoms with van der Waals surface area (Å²) in [5.74, 6) is -1.60. The van der Waals surface area contributed by atoms with Crippen molar-refractivity contribution in [1.82, 2.24) is 4.90 Å². The van der Waals surface area contributed by atoms with Crippen LogP contribution in [0.5, 0.6) is 0 Å². The second kappa shape index (κ2) is 7.84. The number of hydrogen-bond acceptors (Lipinski definition) is 4. The quantitative estimate of drug-likeness (QED) is 0.788. The fourth-order valence-corrected chi connectivity index (χ4v) is 4.73. The first-order chi connectivity index (χ1) is 14.7. The number of Topliss-reactive ketones (excluding diaryl/α,β-unsaturated/α-hetero) is 1. The molecule has 1 amide bonds. The monoisotopic (exact) mass is 421 g/mol. The Balaban J connectivity index is 1.54. The van der Waals surface area contributed by atoms with Gasteiger partial charge in [-0.15, -0.1) is 0 Å². The molecule has 2 aromatic carbocycles. The number of fused-ring (bicyclic) bond motifs is 3. The van der Waals surface area contributed by atoms with Crippen molar-refractivity contribution in [2.24, 2.45) is 5.92 Å². The molecule has 6 heteroatoms. The highest BCUT2D eigenvalue weighted by molar-refractivity contribution is 5.97. The zero-order valence-corrected chi connectivity index (χ0v) is 18.0. The Morgan fingerprint density at radius 1 is 1.00 bits per heavy atom. The van der Waals surface area contributed by atoms with Gasteiger partial charge in [0.2, 0.25) is 0 Å². The molecule has 2 atom stereocenters. The number of benzene rings is 2. The number of ether oxygens (including phenoxy) is 1. The van der Waals surface area contributed by atoms with Crippen molar-refractivity contribution in [2.75, 3.05) is 6.54 Å².